The van der Waals surface area contributed by atoms with Crippen LogP contribution in [0.2, 0.25) is 0 Å². The minimum Gasteiger partial charge on any atom is -0.350 e. The van der Waals surface area contributed by atoms with Gasteiger partial charge in [0.2, 0.25) is 0 Å². The van der Waals surface area contributed by atoms with Crippen LogP contribution in [0.25, 0.3) is 10.9 Å². The summed E-state index contributed by atoms with van der Waals surface area (Å²) in [4.78, 5) is 14.2. The second-order valence-electron chi connectivity index (χ2n) is 4.75. The molecule has 0 aliphatic rings. The van der Waals surface area contributed by atoms with Crippen LogP contribution in [0.5, 0.6) is 0 Å². The highest BCUT2D eigenvalue weighted by Gasteiger charge is 2.16. The molecule has 2 rings (SSSR count). The number of amides is 1. The lowest BCUT2D eigenvalue weighted by Gasteiger charge is -2.16. The lowest BCUT2D eigenvalue weighted by atomic mass is 10.1. The number of benzene rings is 1. The standard InChI is InChI=1S/C15H20N2O/c1-4-5-10-16(2)15(18)13-11-17(3)14-9-7-6-8-12(13)14/h6-9,11H,4-5,10H2,1-3H3. The van der Waals surface area contributed by atoms with Gasteiger partial charge in [0.25, 0.3) is 5.91 Å². The summed E-state index contributed by atoms with van der Waals surface area (Å²) in [6, 6.07) is 8.02. The molecule has 0 aliphatic carbocycles. The van der Waals surface area contributed by atoms with Gasteiger partial charge in [-0.3, -0.25) is 4.79 Å². The first-order valence-corrected chi connectivity index (χ1v) is 6.44. The van der Waals surface area contributed by atoms with Gasteiger partial charge in [0, 0.05) is 37.7 Å². The molecule has 3 nitrogen and oxygen atoms in total. The lowest BCUT2D eigenvalue weighted by molar-refractivity contribution is 0.0795. The largest absolute Gasteiger partial charge is 0.350 e. The first kappa shape index (κ1) is 12.7. The first-order valence-electron chi connectivity index (χ1n) is 6.44. The van der Waals surface area contributed by atoms with Crippen LogP contribution in [-0.4, -0.2) is 29.0 Å². The molecule has 0 radical (unpaired) electrons. The summed E-state index contributed by atoms with van der Waals surface area (Å²) < 4.78 is 2.01. The van der Waals surface area contributed by atoms with Crippen molar-refractivity contribution in [1.82, 2.24) is 9.47 Å². The number of aryl methyl sites for hydroxylation is 1. The smallest absolute Gasteiger partial charge is 0.255 e. The Balaban J connectivity index is 2.33. The van der Waals surface area contributed by atoms with Crippen molar-refractivity contribution in [3.8, 4) is 0 Å². The Labute approximate surface area is 108 Å². The highest BCUT2D eigenvalue weighted by atomic mass is 16.2. The van der Waals surface area contributed by atoms with E-state index in [0.29, 0.717) is 0 Å². The van der Waals surface area contributed by atoms with Crippen LogP contribution >= 0.6 is 0 Å². The maximum atomic E-state index is 12.4. The quantitative estimate of drug-likeness (QED) is 0.811. The molecule has 2 aromatic rings. The van der Waals surface area contributed by atoms with Gasteiger partial charge in [-0.05, 0) is 12.5 Å². The fraction of sp³-hybridized carbons (Fsp3) is 0.400. The fourth-order valence-electron chi connectivity index (χ4n) is 2.21. The van der Waals surface area contributed by atoms with E-state index in [1.165, 1.54) is 0 Å². The Morgan fingerprint density at radius 3 is 2.78 bits per heavy atom. The lowest BCUT2D eigenvalue weighted by Crippen LogP contribution is -2.27. The molecule has 0 bridgehead atoms. The van der Waals surface area contributed by atoms with Crippen molar-refractivity contribution in [3.05, 3.63) is 36.0 Å². The average molecular weight is 244 g/mol. The third-order valence-electron chi connectivity index (χ3n) is 3.32. The van der Waals surface area contributed by atoms with Gasteiger partial charge in [0.1, 0.15) is 0 Å². The summed E-state index contributed by atoms with van der Waals surface area (Å²) >= 11 is 0. The van der Waals surface area contributed by atoms with E-state index in [-0.39, 0.29) is 5.91 Å². The van der Waals surface area contributed by atoms with Gasteiger partial charge in [-0.15, -0.1) is 0 Å². The third-order valence-corrected chi connectivity index (χ3v) is 3.32. The molecule has 0 unspecified atom stereocenters. The molecule has 1 aromatic carbocycles. The Morgan fingerprint density at radius 2 is 2.06 bits per heavy atom. The van der Waals surface area contributed by atoms with E-state index in [0.717, 1.165) is 35.9 Å². The van der Waals surface area contributed by atoms with E-state index in [9.17, 15) is 4.79 Å². The molecule has 0 saturated carbocycles. The minimum atomic E-state index is 0.111. The number of para-hydroxylation sites is 1. The maximum absolute atomic E-state index is 12.4. The van der Waals surface area contributed by atoms with Gasteiger partial charge < -0.3 is 9.47 Å². The molecule has 3 heteroatoms. The zero-order valence-corrected chi connectivity index (χ0v) is 11.3. The molecular weight excluding hydrogens is 224 g/mol. The van der Waals surface area contributed by atoms with Crippen LogP contribution in [0.15, 0.2) is 30.5 Å². The van der Waals surface area contributed by atoms with Crippen molar-refractivity contribution < 1.29 is 4.79 Å². The SMILES string of the molecule is CCCCN(C)C(=O)c1cn(C)c2ccccc12. The van der Waals surface area contributed by atoms with Gasteiger partial charge in [-0.1, -0.05) is 31.5 Å². The zero-order valence-electron chi connectivity index (χ0n) is 11.3. The molecule has 1 aromatic heterocycles. The van der Waals surface area contributed by atoms with Crippen molar-refractivity contribution in [3.63, 3.8) is 0 Å². The minimum absolute atomic E-state index is 0.111. The second-order valence-corrected chi connectivity index (χ2v) is 4.75. The molecule has 0 N–H and O–H groups in total. The number of nitrogens with zero attached hydrogens (tertiary/aromatic N) is 2. The Kier molecular flexibility index (Phi) is 3.70. The normalized spacial score (nSPS) is 10.8. The molecule has 0 fully saturated rings. The molecule has 1 heterocycles. The molecule has 0 aliphatic heterocycles. The summed E-state index contributed by atoms with van der Waals surface area (Å²) in [7, 11) is 3.85. The number of rotatable bonds is 4. The summed E-state index contributed by atoms with van der Waals surface area (Å²) in [6.07, 6.45) is 4.08. The summed E-state index contributed by atoms with van der Waals surface area (Å²) in [6.45, 7) is 2.95. The summed E-state index contributed by atoms with van der Waals surface area (Å²) in [5, 5.41) is 1.04. The van der Waals surface area contributed by atoms with Gasteiger partial charge in [0.05, 0.1) is 5.56 Å². The third kappa shape index (κ3) is 2.26. The number of hydrogen-bond donors (Lipinski definition) is 0. The molecule has 96 valence electrons. The molecule has 0 saturated heterocycles. The highest BCUT2D eigenvalue weighted by Crippen LogP contribution is 2.21. The van der Waals surface area contributed by atoms with Crippen molar-refractivity contribution in [2.45, 2.75) is 19.8 Å². The van der Waals surface area contributed by atoms with Crippen LogP contribution in [0, 0.1) is 0 Å². The Bertz CT molecular complexity index is 557. The average Bonchev–Trinajstić information content (AvgIpc) is 2.73. The number of unbranched alkanes of at least 4 members (excludes halogenated alkanes) is 1. The number of aromatic nitrogens is 1. The van der Waals surface area contributed by atoms with Gasteiger partial charge in [0.15, 0.2) is 0 Å². The number of hydrogen-bond acceptors (Lipinski definition) is 1. The number of carbonyl (C=O) groups is 1. The van der Waals surface area contributed by atoms with Crippen LogP contribution in [0.1, 0.15) is 30.1 Å². The van der Waals surface area contributed by atoms with E-state index < -0.39 is 0 Å². The molecule has 1 amide bonds. The number of fused-ring (bicyclic) bond motifs is 1. The predicted octanol–water partition coefficient (Wildman–Crippen LogP) is 3.05. The Hall–Kier alpha value is -1.77. The van der Waals surface area contributed by atoms with E-state index in [2.05, 4.69) is 6.92 Å². The summed E-state index contributed by atoms with van der Waals surface area (Å²) in [5.74, 6) is 0.111. The van der Waals surface area contributed by atoms with Gasteiger partial charge >= 0.3 is 0 Å². The van der Waals surface area contributed by atoms with E-state index in [4.69, 9.17) is 0 Å². The van der Waals surface area contributed by atoms with Gasteiger partial charge in [-0.2, -0.15) is 0 Å². The number of carbonyl (C=O) groups excluding carboxylic acids is 1. The zero-order chi connectivity index (χ0) is 13.1. The highest BCUT2D eigenvalue weighted by molar-refractivity contribution is 6.06. The molecular formula is C15H20N2O. The van der Waals surface area contributed by atoms with Crippen LogP contribution < -0.4 is 0 Å². The van der Waals surface area contributed by atoms with Crippen molar-refractivity contribution in [2.24, 2.45) is 7.05 Å². The first-order chi connectivity index (χ1) is 8.65. The molecule has 0 atom stereocenters. The van der Waals surface area contributed by atoms with E-state index in [1.807, 2.05) is 54.0 Å². The summed E-state index contributed by atoms with van der Waals surface area (Å²) in [5.41, 5.74) is 1.90. The maximum Gasteiger partial charge on any atom is 0.255 e. The topological polar surface area (TPSA) is 25.2 Å². The molecule has 0 spiro atoms. The van der Waals surface area contributed by atoms with Crippen molar-refractivity contribution >= 4 is 16.8 Å². The second kappa shape index (κ2) is 5.25. The van der Waals surface area contributed by atoms with E-state index in [1.54, 1.807) is 0 Å². The van der Waals surface area contributed by atoms with Gasteiger partial charge in [-0.25, -0.2) is 0 Å². The predicted molar refractivity (Wildman–Crippen MR) is 74.8 cm³/mol. The van der Waals surface area contributed by atoms with E-state index >= 15 is 0 Å². The van der Waals surface area contributed by atoms with Crippen LogP contribution in [-0.2, 0) is 7.05 Å². The van der Waals surface area contributed by atoms with Crippen molar-refractivity contribution in [1.29, 1.82) is 0 Å². The monoisotopic (exact) mass is 244 g/mol. The fourth-order valence-corrected chi connectivity index (χ4v) is 2.21. The molecule has 18 heavy (non-hydrogen) atoms. The van der Waals surface area contributed by atoms with Crippen molar-refractivity contribution in [2.75, 3.05) is 13.6 Å². The van der Waals surface area contributed by atoms with Crippen LogP contribution in [0.4, 0.5) is 0 Å². The Morgan fingerprint density at radius 1 is 1.33 bits per heavy atom. The van der Waals surface area contributed by atoms with Crippen LogP contribution in [0.3, 0.4) is 0 Å².